The molecule has 1 atom stereocenters. The summed E-state index contributed by atoms with van der Waals surface area (Å²) in [5, 5.41) is 13.9. The molecule has 0 saturated heterocycles. The lowest BCUT2D eigenvalue weighted by molar-refractivity contribution is 0.0189. The molecule has 2 N–H and O–H groups in total. The standard InChI is InChI=1S/C19H21NO2/c1-14-7-2-4-10-16(14)18(21)20-13-19(22)12-6-9-15-8-3-5-11-17(15)19/h2-5,7-8,10-11,22H,6,9,12-13H2,1H3,(H,20,21). The third-order valence-electron chi connectivity index (χ3n) is 4.49. The number of aliphatic hydroxyl groups is 1. The Morgan fingerprint density at radius 3 is 2.73 bits per heavy atom. The molecule has 0 bridgehead atoms. The minimum absolute atomic E-state index is 0.130. The Kier molecular flexibility index (Phi) is 3.99. The third-order valence-corrected chi connectivity index (χ3v) is 4.49. The zero-order chi connectivity index (χ0) is 15.6. The van der Waals surface area contributed by atoms with Crippen LogP contribution in [0, 0.1) is 6.92 Å². The highest BCUT2D eigenvalue weighted by Crippen LogP contribution is 2.34. The SMILES string of the molecule is Cc1ccccc1C(=O)NCC1(O)CCCc2ccccc21. The number of carbonyl (C=O) groups is 1. The number of amides is 1. The summed E-state index contributed by atoms with van der Waals surface area (Å²) in [6.07, 6.45) is 2.61. The molecule has 0 radical (unpaired) electrons. The molecule has 0 aliphatic heterocycles. The molecule has 0 spiro atoms. The largest absolute Gasteiger partial charge is 0.383 e. The fourth-order valence-electron chi connectivity index (χ4n) is 3.23. The molecule has 1 aliphatic carbocycles. The molecule has 0 heterocycles. The summed E-state index contributed by atoms with van der Waals surface area (Å²) < 4.78 is 0. The molecule has 1 unspecified atom stereocenters. The lowest BCUT2D eigenvalue weighted by Crippen LogP contribution is -2.43. The fraction of sp³-hybridized carbons (Fsp3) is 0.316. The van der Waals surface area contributed by atoms with E-state index in [1.807, 2.05) is 49.4 Å². The molecule has 3 heteroatoms. The van der Waals surface area contributed by atoms with Gasteiger partial charge in [-0.3, -0.25) is 4.79 Å². The Morgan fingerprint density at radius 1 is 1.18 bits per heavy atom. The van der Waals surface area contributed by atoms with E-state index < -0.39 is 5.60 Å². The van der Waals surface area contributed by atoms with Crippen LogP contribution < -0.4 is 5.32 Å². The van der Waals surface area contributed by atoms with E-state index in [1.165, 1.54) is 5.56 Å². The number of aryl methyl sites for hydroxylation is 2. The van der Waals surface area contributed by atoms with Gasteiger partial charge in [-0.2, -0.15) is 0 Å². The molecule has 3 rings (SSSR count). The van der Waals surface area contributed by atoms with Crippen LogP contribution in [0.2, 0.25) is 0 Å². The van der Waals surface area contributed by atoms with Crippen molar-refractivity contribution in [2.45, 2.75) is 31.8 Å². The van der Waals surface area contributed by atoms with E-state index in [4.69, 9.17) is 0 Å². The minimum atomic E-state index is -0.965. The smallest absolute Gasteiger partial charge is 0.251 e. The number of nitrogens with one attached hydrogen (secondary N) is 1. The number of fused-ring (bicyclic) bond motifs is 1. The van der Waals surface area contributed by atoms with Crippen molar-refractivity contribution in [1.29, 1.82) is 0 Å². The quantitative estimate of drug-likeness (QED) is 0.914. The Hall–Kier alpha value is -2.13. The molecule has 114 valence electrons. The van der Waals surface area contributed by atoms with Crippen molar-refractivity contribution in [3.63, 3.8) is 0 Å². The van der Waals surface area contributed by atoms with Crippen molar-refractivity contribution in [3.05, 3.63) is 70.8 Å². The van der Waals surface area contributed by atoms with Crippen LogP contribution in [0.4, 0.5) is 0 Å². The molecule has 2 aromatic rings. The van der Waals surface area contributed by atoms with Gasteiger partial charge in [0.05, 0.1) is 6.54 Å². The van der Waals surface area contributed by atoms with Crippen molar-refractivity contribution < 1.29 is 9.90 Å². The monoisotopic (exact) mass is 295 g/mol. The Bertz CT molecular complexity index is 695. The van der Waals surface area contributed by atoms with Gasteiger partial charge in [0, 0.05) is 5.56 Å². The Morgan fingerprint density at radius 2 is 1.91 bits per heavy atom. The molecular formula is C19H21NO2. The summed E-state index contributed by atoms with van der Waals surface area (Å²) >= 11 is 0. The highest BCUT2D eigenvalue weighted by molar-refractivity contribution is 5.95. The normalized spacial score (nSPS) is 20.3. The molecule has 1 amide bonds. The van der Waals surface area contributed by atoms with E-state index in [2.05, 4.69) is 11.4 Å². The first kappa shape index (κ1) is 14.8. The lowest BCUT2D eigenvalue weighted by atomic mass is 9.79. The van der Waals surface area contributed by atoms with Crippen LogP contribution in [-0.2, 0) is 12.0 Å². The zero-order valence-corrected chi connectivity index (χ0v) is 12.8. The van der Waals surface area contributed by atoms with Gasteiger partial charge < -0.3 is 10.4 Å². The number of carbonyl (C=O) groups excluding carboxylic acids is 1. The predicted molar refractivity (Wildman–Crippen MR) is 86.8 cm³/mol. The van der Waals surface area contributed by atoms with Crippen LogP contribution in [0.25, 0.3) is 0 Å². The molecule has 0 fully saturated rings. The highest BCUT2D eigenvalue weighted by atomic mass is 16.3. The molecule has 2 aromatic carbocycles. The van der Waals surface area contributed by atoms with Crippen LogP contribution in [0.3, 0.4) is 0 Å². The van der Waals surface area contributed by atoms with Crippen molar-refractivity contribution in [3.8, 4) is 0 Å². The second-order valence-corrected chi connectivity index (χ2v) is 6.04. The van der Waals surface area contributed by atoms with E-state index in [1.54, 1.807) is 0 Å². The minimum Gasteiger partial charge on any atom is -0.383 e. The maximum atomic E-state index is 12.3. The van der Waals surface area contributed by atoms with Gasteiger partial charge in [-0.15, -0.1) is 0 Å². The van der Waals surface area contributed by atoms with Crippen molar-refractivity contribution in [1.82, 2.24) is 5.32 Å². The average molecular weight is 295 g/mol. The molecule has 1 aliphatic rings. The van der Waals surface area contributed by atoms with Crippen LogP contribution in [-0.4, -0.2) is 17.6 Å². The van der Waals surface area contributed by atoms with Crippen molar-refractivity contribution >= 4 is 5.91 Å². The van der Waals surface area contributed by atoms with Gasteiger partial charge in [-0.25, -0.2) is 0 Å². The second-order valence-electron chi connectivity index (χ2n) is 6.04. The first-order valence-corrected chi connectivity index (χ1v) is 7.75. The van der Waals surface area contributed by atoms with Crippen LogP contribution in [0.15, 0.2) is 48.5 Å². The average Bonchev–Trinajstić information content (AvgIpc) is 2.54. The van der Waals surface area contributed by atoms with Gasteiger partial charge in [0.2, 0.25) is 0 Å². The number of hydrogen-bond acceptors (Lipinski definition) is 2. The summed E-state index contributed by atoms with van der Waals surface area (Å²) in [6, 6.07) is 15.5. The molecule has 0 aromatic heterocycles. The van der Waals surface area contributed by atoms with Crippen molar-refractivity contribution in [2.24, 2.45) is 0 Å². The molecule has 22 heavy (non-hydrogen) atoms. The van der Waals surface area contributed by atoms with Gasteiger partial charge >= 0.3 is 0 Å². The van der Waals surface area contributed by atoms with Gasteiger partial charge in [0.1, 0.15) is 5.60 Å². The first-order valence-electron chi connectivity index (χ1n) is 7.75. The molecular weight excluding hydrogens is 274 g/mol. The van der Waals surface area contributed by atoms with Gasteiger partial charge in [-0.1, -0.05) is 42.5 Å². The van der Waals surface area contributed by atoms with Crippen LogP contribution in [0.5, 0.6) is 0 Å². The first-order chi connectivity index (χ1) is 10.6. The van der Waals surface area contributed by atoms with E-state index in [0.717, 1.165) is 24.0 Å². The summed E-state index contributed by atoms with van der Waals surface area (Å²) in [5.74, 6) is -0.130. The second kappa shape index (κ2) is 5.93. The van der Waals surface area contributed by atoms with E-state index >= 15 is 0 Å². The zero-order valence-electron chi connectivity index (χ0n) is 12.8. The van der Waals surface area contributed by atoms with E-state index in [-0.39, 0.29) is 12.5 Å². The van der Waals surface area contributed by atoms with Crippen LogP contribution >= 0.6 is 0 Å². The maximum Gasteiger partial charge on any atom is 0.251 e. The summed E-state index contributed by atoms with van der Waals surface area (Å²) in [7, 11) is 0. The third kappa shape index (κ3) is 2.77. The topological polar surface area (TPSA) is 49.3 Å². The highest BCUT2D eigenvalue weighted by Gasteiger charge is 2.34. The van der Waals surface area contributed by atoms with Gasteiger partial charge in [0.25, 0.3) is 5.91 Å². The number of hydrogen-bond donors (Lipinski definition) is 2. The van der Waals surface area contributed by atoms with E-state index in [0.29, 0.717) is 12.0 Å². The number of rotatable bonds is 3. The molecule has 3 nitrogen and oxygen atoms in total. The van der Waals surface area contributed by atoms with Gasteiger partial charge in [-0.05, 0) is 48.9 Å². The Labute approximate surface area is 131 Å². The maximum absolute atomic E-state index is 12.3. The Balaban J connectivity index is 1.77. The summed E-state index contributed by atoms with van der Waals surface area (Å²) in [5.41, 5.74) is 2.77. The van der Waals surface area contributed by atoms with E-state index in [9.17, 15) is 9.90 Å². The summed E-state index contributed by atoms with van der Waals surface area (Å²) in [4.78, 5) is 12.3. The predicted octanol–water partition coefficient (Wildman–Crippen LogP) is 2.95. The van der Waals surface area contributed by atoms with Crippen LogP contribution in [0.1, 0.15) is 39.9 Å². The lowest BCUT2D eigenvalue weighted by Gasteiger charge is -2.34. The van der Waals surface area contributed by atoms with Gasteiger partial charge in [0.15, 0.2) is 0 Å². The summed E-state index contributed by atoms with van der Waals surface area (Å²) in [6.45, 7) is 2.16. The fourth-order valence-corrected chi connectivity index (χ4v) is 3.23. The molecule has 0 saturated carbocycles. The number of benzene rings is 2. The van der Waals surface area contributed by atoms with Crippen molar-refractivity contribution in [2.75, 3.05) is 6.54 Å².